The molecule has 13 heteroatoms. The molecule has 0 radical (unpaired) electrons. The molecule has 10 nitrogen and oxygen atoms in total. The third-order valence-corrected chi connectivity index (χ3v) is 8.80. The summed E-state index contributed by atoms with van der Waals surface area (Å²) in [6.45, 7) is 1.67. The molecule has 40 heavy (non-hydrogen) atoms. The van der Waals surface area contributed by atoms with Gasteiger partial charge in [-0.15, -0.1) is 0 Å². The zero-order valence-corrected chi connectivity index (χ0v) is 22.0. The molecule has 4 aliphatic carbocycles. The molecule has 4 aliphatic rings. The molecule has 0 unspecified atom stereocenters. The molecule has 0 bridgehead atoms. The average Bonchev–Trinajstić information content (AvgIpc) is 3.56. The number of nitrogens with two attached hydrogens (primary N) is 1. The fourth-order valence-corrected chi connectivity index (χ4v) is 6.56. The van der Waals surface area contributed by atoms with E-state index >= 15 is 0 Å². The van der Waals surface area contributed by atoms with Crippen molar-refractivity contribution in [3.8, 4) is 5.75 Å². The first-order chi connectivity index (χ1) is 18.4. The van der Waals surface area contributed by atoms with Crippen molar-refractivity contribution in [2.24, 2.45) is 17.6 Å². The van der Waals surface area contributed by atoms with Crippen molar-refractivity contribution in [2.45, 2.75) is 62.5 Å². The van der Waals surface area contributed by atoms with E-state index in [9.17, 15) is 48.0 Å². The maximum absolute atomic E-state index is 14.5. The number of carbonyl (C=O) groups excluding carboxylic acids is 3. The molecule has 0 heterocycles. The molecule has 0 saturated heterocycles. The molecule has 1 fully saturated rings. The number of hydrogen-bond acceptors (Lipinski definition) is 9. The maximum atomic E-state index is 14.5. The van der Waals surface area contributed by atoms with Crippen molar-refractivity contribution >= 4 is 17.5 Å². The first-order valence-electron chi connectivity index (χ1n) is 12.8. The molecule has 216 valence electrons. The molecule has 5 rings (SSSR count). The summed E-state index contributed by atoms with van der Waals surface area (Å²) >= 11 is 0. The number of ketones is 2. The molecule has 1 saturated carbocycles. The summed E-state index contributed by atoms with van der Waals surface area (Å²) in [5, 5.41) is 47.5. The number of likely N-dealkylation sites (N-methyl/N-ethyl adjacent to an activating group) is 1. The van der Waals surface area contributed by atoms with Crippen molar-refractivity contribution in [1.29, 1.82) is 0 Å². The van der Waals surface area contributed by atoms with Crippen LogP contribution in [-0.4, -0.2) is 74.1 Å². The second-order valence-electron chi connectivity index (χ2n) is 11.7. The highest BCUT2D eigenvalue weighted by molar-refractivity contribution is 6.24. The molecule has 4 atom stereocenters. The Labute approximate surface area is 227 Å². The largest absolute Gasteiger partial charge is 0.510 e. The smallest absolute Gasteiger partial charge is 0.417 e. The summed E-state index contributed by atoms with van der Waals surface area (Å²) < 4.78 is 43.5. The SMILES string of the molecule is CN(C)[C@@H]1C(O)=C(C(N)=O)C(=O)[C@@]2(O)C(O)=C3C(=O)c4c(O)cc(CNC5(C)CC5)c(C(F)(F)F)c4C[C@H]3C[C@@H]12. The number of amides is 1. The van der Waals surface area contributed by atoms with Gasteiger partial charge >= 0.3 is 6.18 Å². The number of fused-ring (bicyclic) bond motifs is 3. The van der Waals surface area contributed by atoms with E-state index in [2.05, 4.69) is 5.32 Å². The van der Waals surface area contributed by atoms with E-state index in [4.69, 9.17) is 5.73 Å². The first kappa shape index (κ1) is 28.1. The zero-order valence-electron chi connectivity index (χ0n) is 22.0. The Morgan fingerprint density at radius 1 is 1.20 bits per heavy atom. The highest BCUT2D eigenvalue weighted by Crippen LogP contribution is 2.54. The Kier molecular flexibility index (Phi) is 6.18. The number of phenols is 1. The minimum absolute atomic E-state index is 0.201. The number of phenolic OH excluding ortho intramolecular Hbond substituents is 1. The molecule has 7 N–H and O–H groups in total. The summed E-state index contributed by atoms with van der Waals surface area (Å²) in [6.07, 6.45) is -4.06. The van der Waals surface area contributed by atoms with E-state index in [1.165, 1.54) is 19.0 Å². The predicted octanol–water partition coefficient (Wildman–Crippen LogP) is 1.78. The Morgan fingerprint density at radius 2 is 1.82 bits per heavy atom. The normalized spacial score (nSPS) is 29.4. The predicted molar refractivity (Wildman–Crippen MR) is 133 cm³/mol. The Balaban J connectivity index is 1.69. The number of benzene rings is 1. The molecule has 1 amide bonds. The van der Waals surface area contributed by atoms with Gasteiger partial charge in [-0.2, -0.15) is 13.2 Å². The van der Waals surface area contributed by atoms with Crippen LogP contribution >= 0.6 is 0 Å². The molecular weight excluding hydrogens is 535 g/mol. The van der Waals surface area contributed by atoms with E-state index in [1.54, 1.807) is 0 Å². The number of alkyl halides is 3. The lowest BCUT2D eigenvalue weighted by Gasteiger charge is -2.50. The van der Waals surface area contributed by atoms with Crippen molar-refractivity contribution < 1.29 is 48.0 Å². The van der Waals surface area contributed by atoms with Crippen molar-refractivity contribution in [1.82, 2.24) is 10.2 Å². The monoisotopic (exact) mass is 565 g/mol. The van der Waals surface area contributed by atoms with Gasteiger partial charge in [0.15, 0.2) is 11.4 Å². The number of halogens is 3. The van der Waals surface area contributed by atoms with Gasteiger partial charge in [0, 0.05) is 23.6 Å². The average molecular weight is 566 g/mol. The number of primary amides is 1. The van der Waals surface area contributed by atoms with Gasteiger partial charge in [0.25, 0.3) is 5.91 Å². The van der Waals surface area contributed by atoms with Crippen molar-refractivity contribution in [3.05, 3.63) is 51.0 Å². The Bertz CT molecular complexity index is 1430. The van der Waals surface area contributed by atoms with Crippen LogP contribution in [0.1, 0.15) is 53.2 Å². The molecular formula is C27H30F3N3O7. The van der Waals surface area contributed by atoms with Gasteiger partial charge in [0.1, 0.15) is 22.8 Å². The number of carbonyl (C=O) groups is 3. The molecule has 0 aromatic heterocycles. The lowest BCUT2D eigenvalue weighted by atomic mass is 9.58. The fourth-order valence-electron chi connectivity index (χ4n) is 6.56. The van der Waals surface area contributed by atoms with E-state index in [1.807, 2.05) is 6.92 Å². The standard InChI is InChI=1S/C27H30F3N3O7/c1-25(4-5-25)32-9-11-8-14(34)16-12(18(11)27(28,29)30)6-10-7-13-19(33(2)3)21(36)17(24(31)39)23(38)26(13,40)22(37)15(10)20(16)35/h8,10,13,19,32,34,36-37,40H,4-7,9H2,1-3H3,(H2,31,39)/t10-,13-,19-,26-/m0/s1. The minimum atomic E-state index is -4.89. The van der Waals surface area contributed by atoms with Crippen LogP contribution in [0.15, 0.2) is 28.7 Å². The van der Waals surface area contributed by atoms with Crippen LogP contribution < -0.4 is 11.1 Å². The minimum Gasteiger partial charge on any atom is -0.510 e. The van der Waals surface area contributed by atoms with Gasteiger partial charge in [-0.3, -0.25) is 19.3 Å². The fraction of sp³-hybridized carbons (Fsp3) is 0.519. The van der Waals surface area contributed by atoms with Crippen LogP contribution in [0.4, 0.5) is 13.2 Å². The van der Waals surface area contributed by atoms with Crippen molar-refractivity contribution in [3.63, 3.8) is 0 Å². The second-order valence-corrected chi connectivity index (χ2v) is 11.7. The van der Waals surface area contributed by atoms with E-state index in [-0.39, 0.29) is 24.1 Å². The van der Waals surface area contributed by atoms with Gasteiger partial charge in [0.2, 0.25) is 5.78 Å². The number of Topliss-reactive ketones (excluding diaryl/α,β-unsaturated/α-hetero) is 2. The summed E-state index contributed by atoms with van der Waals surface area (Å²) in [5.74, 6) is -9.00. The second kappa shape index (κ2) is 8.79. The van der Waals surface area contributed by atoms with Gasteiger partial charge in [-0.25, -0.2) is 0 Å². The maximum Gasteiger partial charge on any atom is 0.417 e. The number of nitrogens with zero attached hydrogens (tertiary/aromatic N) is 1. The number of aliphatic hydroxyl groups is 3. The Morgan fingerprint density at radius 3 is 2.35 bits per heavy atom. The third kappa shape index (κ3) is 3.93. The van der Waals surface area contributed by atoms with Crippen LogP contribution in [-0.2, 0) is 28.7 Å². The summed E-state index contributed by atoms with van der Waals surface area (Å²) in [6, 6.07) is -0.369. The van der Waals surface area contributed by atoms with Crippen LogP contribution in [0.3, 0.4) is 0 Å². The first-order valence-corrected chi connectivity index (χ1v) is 12.8. The number of aromatic hydroxyl groups is 1. The highest BCUT2D eigenvalue weighted by Gasteiger charge is 2.63. The highest BCUT2D eigenvalue weighted by atomic mass is 19.4. The topological polar surface area (TPSA) is 173 Å². The van der Waals surface area contributed by atoms with E-state index in [0.717, 1.165) is 18.9 Å². The van der Waals surface area contributed by atoms with Crippen LogP contribution in [0.5, 0.6) is 5.75 Å². The lowest BCUT2D eigenvalue weighted by molar-refractivity contribution is -0.148. The van der Waals surface area contributed by atoms with Gasteiger partial charge in [-0.05, 0) is 69.8 Å². The number of aliphatic hydroxyl groups excluding tert-OH is 2. The number of nitrogens with one attached hydrogen (secondary N) is 1. The molecule has 1 aromatic rings. The zero-order chi connectivity index (χ0) is 29.7. The Hall–Kier alpha value is -3.42. The summed E-state index contributed by atoms with van der Waals surface area (Å²) in [4.78, 5) is 40.4. The van der Waals surface area contributed by atoms with Gasteiger partial charge < -0.3 is 31.5 Å². The molecule has 0 aliphatic heterocycles. The van der Waals surface area contributed by atoms with Crippen LogP contribution in [0.25, 0.3) is 0 Å². The number of hydrogen-bond donors (Lipinski definition) is 6. The van der Waals surface area contributed by atoms with E-state index < -0.39 is 98.7 Å². The quantitative estimate of drug-likeness (QED) is 0.291. The third-order valence-electron chi connectivity index (χ3n) is 8.80. The van der Waals surface area contributed by atoms with Crippen molar-refractivity contribution in [2.75, 3.05) is 14.1 Å². The van der Waals surface area contributed by atoms with Crippen LogP contribution in [0.2, 0.25) is 0 Å². The lowest BCUT2D eigenvalue weighted by Crippen LogP contribution is -2.63. The summed E-state index contributed by atoms with van der Waals surface area (Å²) in [7, 11) is 2.93. The molecule has 1 aromatic carbocycles. The molecule has 0 spiro atoms. The number of allylic oxidation sites excluding steroid dienone is 1. The number of rotatable bonds is 5. The van der Waals surface area contributed by atoms with Gasteiger partial charge in [-0.1, -0.05) is 0 Å². The van der Waals surface area contributed by atoms with E-state index in [0.29, 0.717) is 0 Å². The van der Waals surface area contributed by atoms with Crippen LogP contribution in [0, 0.1) is 11.8 Å². The van der Waals surface area contributed by atoms with Gasteiger partial charge in [0.05, 0.1) is 17.2 Å². The summed E-state index contributed by atoms with van der Waals surface area (Å²) in [5.41, 5.74) is -1.77.